The molecule has 0 unspecified atom stereocenters. The normalized spacial score (nSPS) is 11.0. The Morgan fingerprint density at radius 3 is 1.97 bits per heavy atom. The van der Waals surface area contributed by atoms with Crippen LogP contribution in [-0.4, -0.2) is 12.8 Å². The Hall–Kier alpha value is -3.26. The standard InChI is InChI=1S/C27H24F4O/c1-2-3-4-5-20-8-13-23(14-9-20)24-15-10-21(11-16-24)6-7-22-12-17-26(25(28)18-22)32-19-27(29,30)31/h8-18H,2-5,19H2,1H3. The zero-order valence-corrected chi connectivity index (χ0v) is 17.8. The number of rotatable bonds is 7. The van der Waals surface area contributed by atoms with E-state index in [1.807, 2.05) is 24.3 Å². The van der Waals surface area contributed by atoms with E-state index in [-0.39, 0.29) is 0 Å². The van der Waals surface area contributed by atoms with Crippen LogP contribution in [-0.2, 0) is 6.42 Å². The Morgan fingerprint density at radius 1 is 0.781 bits per heavy atom. The van der Waals surface area contributed by atoms with Crippen LogP contribution in [0.1, 0.15) is 42.9 Å². The Balaban J connectivity index is 1.63. The molecule has 0 spiro atoms. The molecule has 0 bridgehead atoms. The fourth-order valence-corrected chi connectivity index (χ4v) is 3.19. The van der Waals surface area contributed by atoms with Gasteiger partial charge in [-0.15, -0.1) is 0 Å². The molecule has 1 nitrogen and oxygen atoms in total. The van der Waals surface area contributed by atoms with E-state index in [1.165, 1.54) is 30.9 Å². The lowest BCUT2D eigenvalue weighted by molar-refractivity contribution is -0.153. The molecule has 166 valence electrons. The molecule has 0 aromatic heterocycles. The highest BCUT2D eigenvalue weighted by molar-refractivity contribution is 5.64. The van der Waals surface area contributed by atoms with Crippen molar-refractivity contribution in [1.82, 2.24) is 0 Å². The van der Waals surface area contributed by atoms with Crippen LogP contribution in [0.15, 0.2) is 66.7 Å². The van der Waals surface area contributed by atoms with Gasteiger partial charge in [0.1, 0.15) is 0 Å². The van der Waals surface area contributed by atoms with Crippen molar-refractivity contribution in [2.75, 3.05) is 6.61 Å². The Morgan fingerprint density at radius 2 is 1.38 bits per heavy atom. The van der Waals surface area contributed by atoms with E-state index in [9.17, 15) is 17.6 Å². The van der Waals surface area contributed by atoms with Crippen molar-refractivity contribution >= 4 is 0 Å². The number of ether oxygens (including phenoxy) is 1. The molecule has 0 saturated carbocycles. The van der Waals surface area contributed by atoms with Crippen molar-refractivity contribution in [3.05, 3.63) is 89.2 Å². The van der Waals surface area contributed by atoms with Gasteiger partial charge in [0.15, 0.2) is 18.2 Å². The van der Waals surface area contributed by atoms with Crippen LogP contribution in [0, 0.1) is 17.7 Å². The number of hydrogen-bond donors (Lipinski definition) is 0. The van der Waals surface area contributed by atoms with Crippen molar-refractivity contribution in [2.45, 2.75) is 38.8 Å². The summed E-state index contributed by atoms with van der Waals surface area (Å²) >= 11 is 0. The van der Waals surface area contributed by atoms with Crippen LogP contribution in [0.25, 0.3) is 11.1 Å². The highest BCUT2D eigenvalue weighted by atomic mass is 19.4. The maximum Gasteiger partial charge on any atom is 0.422 e. The monoisotopic (exact) mass is 440 g/mol. The maximum atomic E-state index is 13.9. The molecule has 5 heteroatoms. The minimum atomic E-state index is -4.52. The van der Waals surface area contributed by atoms with Crippen molar-refractivity contribution in [1.29, 1.82) is 0 Å². The van der Waals surface area contributed by atoms with Crippen LogP contribution >= 0.6 is 0 Å². The van der Waals surface area contributed by atoms with E-state index in [0.29, 0.717) is 5.56 Å². The first-order valence-corrected chi connectivity index (χ1v) is 10.5. The summed E-state index contributed by atoms with van der Waals surface area (Å²) in [7, 11) is 0. The zero-order valence-electron chi connectivity index (χ0n) is 17.8. The molecule has 0 atom stereocenters. The third-order valence-electron chi connectivity index (χ3n) is 4.92. The van der Waals surface area contributed by atoms with Crippen LogP contribution in [0.5, 0.6) is 5.75 Å². The predicted molar refractivity (Wildman–Crippen MR) is 119 cm³/mol. The number of halogens is 4. The summed E-state index contributed by atoms with van der Waals surface area (Å²) < 4.78 is 55.0. The molecule has 3 aromatic rings. The summed E-state index contributed by atoms with van der Waals surface area (Å²) in [6.07, 6.45) is 0.236. The zero-order chi connectivity index (χ0) is 23.0. The molecule has 3 rings (SSSR count). The van der Waals surface area contributed by atoms with Gasteiger partial charge in [-0.25, -0.2) is 4.39 Å². The summed E-state index contributed by atoms with van der Waals surface area (Å²) in [5.74, 6) is 4.44. The van der Waals surface area contributed by atoms with E-state index >= 15 is 0 Å². The minimum absolute atomic E-state index is 0.351. The van der Waals surface area contributed by atoms with E-state index < -0.39 is 24.3 Å². The fraction of sp³-hybridized carbons (Fsp3) is 0.259. The molecule has 0 N–H and O–H groups in total. The van der Waals surface area contributed by atoms with Gasteiger partial charge in [-0.1, -0.05) is 68.0 Å². The lowest BCUT2D eigenvalue weighted by Gasteiger charge is -2.09. The molecule has 3 aromatic carbocycles. The first-order chi connectivity index (χ1) is 15.3. The van der Waals surface area contributed by atoms with E-state index in [1.54, 1.807) is 0 Å². The summed E-state index contributed by atoms with van der Waals surface area (Å²) in [5.41, 5.74) is 4.65. The van der Waals surface area contributed by atoms with Gasteiger partial charge in [-0.2, -0.15) is 13.2 Å². The fourth-order valence-electron chi connectivity index (χ4n) is 3.19. The molecule has 0 saturated heterocycles. The molecule has 0 aliphatic heterocycles. The summed E-state index contributed by atoms with van der Waals surface area (Å²) in [6.45, 7) is 0.658. The van der Waals surface area contributed by atoms with E-state index in [4.69, 9.17) is 0 Å². The number of hydrogen-bond acceptors (Lipinski definition) is 1. The molecule has 0 radical (unpaired) electrons. The summed E-state index contributed by atoms with van der Waals surface area (Å²) in [4.78, 5) is 0. The molecule has 0 amide bonds. The smallest absolute Gasteiger partial charge is 0.422 e. The average molecular weight is 440 g/mol. The van der Waals surface area contributed by atoms with E-state index in [0.717, 1.165) is 35.2 Å². The minimum Gasteiger partial charge on any atom is -0.481 e. The van der Waals surface area contributed by atoms with Crippen molar-refractivity contribution in [3.8, 4) is 28.7 Å². The number of unbranched alkanes of at least 4 members (excludes halogenated alkanes) is 2. The molecule has 0 heterocycles. The molecule has 0 aliphatic carbocycles. The Labute approximate surface area is 186 Å². The summed E-state index contributed by atoms with van der Waals surface area (Å²) in [6, 6.07) is 19.9. The van der Waals surface area contributed by atoms with Gasteiger partial charge >= 0.3 is 6.18 Å². The quantitative estimate of drug-likeness (QED) is 0.209. The maximum absolute atomic E-state index is 13.9. The number of alkyl halides is 3. The van der Waals surface area contributed by atoms with Gasteiger partial charge < -0.3 is 4.74 Å². The third-order valence-corrected chi connectivity index (χ3v) is 4.92. The summed E-state index contributed by atoms with van der Waals surface area (Å²) in [5, 5.41) is 0. The largest absolute Gasteiger partial charge is 0.481 e. The van der Waals surface area contributed by atoms with Gasteiger partial charge in [0, 0.05) is 11.1 Å². The van der Waals surface area contributed by atoms with Crippen molar-refractivity contribution in [2.24, 2.45) is 0 Å². The Kier molecular flexibility index (Phi) is 7.94. The third kappa shape index (κ3) is 7.16. The van der Waals surface area contributed by atoms with Crippen molar-refractivity contribution < 1.29 is 22.3 Å². The second-order valence-electron chi connectivity index (χ2n) is 7.53. The lowest BCUT2D eigenvalue weighted by Crippen LogP contribution is -2.19. The van der Waals surface area contributed by atoms with E-state index in [2.05, 4.69) is 47.8 Å². The van der Waals surface area contributed by atoms with Crippen LogP contribution in [0.2, 0.25) is 0 Å². The SMILES string of the molecule is CCCCCc1ccc(-c2ccc(C#Cc3ccc(OCC(F)(F)F)c(F)c3)cc2)cc1. The first-order valence-electron chi connectivity index (χ1n) is 10.5. The number of aryl methyl sites for hydroxylation is 1. The number of benzene rings is 3. The van der Waals surface area contributed by atoms with Crippen LogP contribution in [0.3, 0.4) is 0 Å². The highest BCUT2D eigenvalue weighted by Gasteiger charge is 2.28. The second kappa shape index (κ2) is 10.9. The molecule has 0 aliphatic rings. The van der Waals surface area contributed by atoms with Crippen LogP contribution < -0.4 is 4.74 Å². The molecule has 0 fully saturated rings. The Bertz CT molecular complexity index is 1070. The molecular formula is C27H24F4O. The van der Waals surface area contributed by atoms with Gasteiger partial charge in [-0.05, 0) is 59.9 Å². The van der Waals surface area contributed by atoms with Crippen LogP contribution in [0.4, 0.5) is 17.6 Å². The van der Waals surface area contributed by atoms with Gasteiger partial charge in [0.05, 0.1) is 0 Å². The second-order valence-corrected chi connectivity index (χ2v) is 7.53. The lowest BCUT2D eigenvalue weighted by atomic mass is 10.0. The predicted octanol–water partition coefficient (Wildman–Crippen LogP) is 7.57. The topological polar surface area (TPSA) is 9.23 Å². The first kappa shape index (κ1) is 23.4. The molecule has 32 heavy (non-hydrogen) atoms. The molecular weight excluding hydrogens is 416 g/mol. The highest BCUT2D eigenvalue weighted by Crippen LogP contribution is 2.23. The average Bonchev–Trinajstić information content (AvgIpc) is 2.77. The van der Waals surface area contributed by atoms with Gasteiger partial charge in [0.25, 0.3) is 0 Å². The van der Waals surface area contributed by atoms with Crippen molar-refractivity contribution in [3.63, 3.8) is 0 Å². The van der Waals surface area contributed by atoms with Gasteiger partial charge in [0.2, 0.25) is 0 Å². The van der Waals surface area contributed by atoms with Gasteiger partial charge in [-0.3, -0.25) is 0 Å².